The van der Waals surface area contributed by atoms with Gasteiger partial charge < -0.3 is 9.13 Å². The first-order valence-electron chi connectivity index (χ1n) is 22.4. The van der Waals surface area contributed by atoms with E-state index >= 15 is 0 Å². The molecule has 0 unspecified atom stereocenters. The number of rotatable bonds is 6. The third-order valence-corrected chi connectivity index (χ3v) is 13.5. The van der Waals surface area contributed by atoms with Crippen LogP contribution in [-0.2, 0) is 0 Å². The van der Waals surface area contributed by atoms with Crippen LogP contribution >= 0.6 is 0 Å². The summed E-state index contributed by atoms with van der Waals surface area (Å²) in [5.74, 6) is 1.90. The van der Waals surface area contributed by atoms with Gasteiger partial charge in [-0.15, -0.1) is 0 Å². The summed E-state index contributed by atoms with van der Waals surface area (Å²) in [6.07, 6.45) is 0. The zero-order valence-corrected chi connectivity index (χ0v) is 35.6. The van der Waals surface area contributed by atoms with Crippen LogP contribution in [0, 0.1) is 0 Å². The summed E-state index contributed by atoms with van der Waals surface area (Å²) in [4.78, 5) is 15.8. The van der Waals surface area contributed by atoms with Crippen molar-refractivity contribution >= 4 is 54.4 Å². The highest BCUT2D eigenvalue weighted by Gasteiger charge is 2.29. The highest BCUT2D eigenvalue weighted by atomic mass is 15.0. The fraction of sp³-hybridized carbons (Fsp3) is 0. The van der Waals surface area contributed by atoms with E-state index in [4.69, 9.17) is 15.0 Å². The summed E-state index contributed by atoms with van der Waals surface area (Å²) in [7, 11) is 0. The summed E-state index contributed by atoms with van der Waals surface area (Å²) in [6, 6.07) is 80.4. The third-order valence-electron chi connectivity index (χ3n) is 13.5. The van der Waals surface area contributed by atoms with E-state index in [9.17, 15) is 0 Å². The van der Waals surface area contributed by atoms with Crippen LogP contribution in [0.1, 0.15) is 0 Å². The van der Waals surface area contributed by atoms with Gasteiger partial charge in [0.2, 0.25) is 0 Å². The fourth-order valence-corrected chi connectivity index (χ4v) is 10.6. The lowest BCUT2D eigenvalue weighted by atomic mass is 9.96. The molecule has 0 atom stereocenters. The molecule has 0 spiro atoms. The Morgan fingerprint density at radius 3 is 1.36 bits per heavy atom. The summed E-state index contributed by atoms with van der Waals surface area (Å²) in [6.45, 7) is 0. The molecule has 1 aliphatic carbocycles. The Hall–Kier alpha value is -8.93. The molecule has 0 fully saturated rings. The normalized spacial score (nSPS) is 11.9. The first-order chi connectivity index (χ1) is 32.7. The summed E-state index contributed by atoms with van der Waals surface area (Å²) in [5, 5.41) is 7.30. The molecule has 3 aromatic heterocycles. The maximum atomic E-state index is 5.35. The number of hydrogen-bond donors (Lipinski definition) is 0. The zero-order chi connectivity index (χ0) is 43.3. The van der Waals surface area contributed by atoms with Crippen molar-refractivity contribution in [1.29, 1.82) is 0 Å². The minimum Gasteiger partial charge on any atom is -0.309 e. The van der Waals surface area contributed by atoms with Crippen LogP contribution in [-0.4, -0.2) is 24.1 Å². The molecule has 0 saturated carbocycles. The quantitative estimate of drug-likeness (QED) is 0.168. The lowest BCUT2D eigenvalue weighted by Gasteiger charge is -2.16. The minimum absolute atomic E-state index is 0.632. The Balaban J connectivity index is 1.07. The molecule has 0 radical (unpaired) electrons. The van der Waals surface area contributed by atoms with E-state index in [-0.39, 0.29) is 0 Å². The van der Waals surface area contributed by atoms with E-state index in [2.05, 4.69) is 197 Å². The van der Waals surface area contributed by atoms with Crippen LogP contribution in [0.2, 0.25) is 0 Å². The molecule has 0 aliphatic heterocycles. The van der Waals surface area contributed by atoms with Gasteiger partial charge in [0.15, 0.2) is 17.5 Å². The number of benzene rings is 10. The molecule has 14 rings (SSSR count). The molecular formula is C61H37N5. The number of fused-ring (bicyclic) bond motifs is 9. The van der Waals surface area contributed by atoms with Gasteiger partial charge in [-0.25, -0.2) is 15.0 Å². The molecule has 66 heavy (non-hydrogen) atoms. The molecule has 1 aliphatic rings. The Bertz CT molecular complexity index is 4010. The molecule has 0 bridgehead atoms. The van der Waals surface area contributed by atoms with Gasteiger partial charge in [0.25, 0.3) is 0 Å². The van der Waals surface area contributed by atoms with Crippen LogP contribution in [0.5, 0.6) is 0 Å². The van der Waals surface area contributed by atoms with Crippen LogP contribution < -0.4 is 0 Å². The standard InChI is InChI=1S/C61H37N5/c1-4-16-38(17-5-1)39-30-32-43(33-31-39)65-53-28-12-10-24-45(53)49-36-50-46-25-11-13-29-54(46)66(56(50)37-55(49)65)44-34-51-47-26-14-22-40-23-15-27-48(57(40)47)58(51)52(35-44)61-63-59(41-18-6-2-7-19-41)62-60(64-61)42-20-8-3-9-21-42/h1-37H. The van der Waals surface area contributed by atoms with Crippen molar-refractivity contribution in [3.63, 3.8) is 0 Å². The van der Waals surface area contributed by atoms with Crippen molar-refractivity contribution in [1.82, 2.24) is 24.1 Å². The summed E-state index contributed by atoms with van der Waals surface area (Å²) in [5.41, 5.74) is 16.7. The van der Waals surface area contributed by atoms with Gasteiger partial charge in [0.1, 0.15) is 0 Å². The van der Waals surface area contributed by atoms with Crippen LogP contribution in [0.25, 0.3) is 133 Å². The van der Waals surface area contributed by atoms with Gasteiger partial charge in [-0.2, -0.15) is 0 Å². The minimum atomic E-state index is 0.632. The lowest BCUT2D eigenvalue weighted by molar-refractivity contribution is 1.07. The van der Waals surface area contributed by atoms with Crippen molar-refractivity contribution in [2.45, 2.75) is 0 Å². The molecule has 5 nitrogen and oxygen atoms in total. The predicted octanol–water partition coefficient (Wildman–Crippen LogP) is 15.5. The first-order valence-corrected chi connectivity index (χ1v) is 22.4. The molecule has 0 amide bonds. The summed E-state index contributed by atoms with van der Waals surface area (Å²) < 4.78 is 4.88. The number of hydrogen-bond acceptors (Lipinski definition) is 3. The van der Waals surface area contributed by atoms with Crippen molar-refractivity contribution in [3.8, 4) is 78.9 Å². The third kappa shape index (κ3) is 5.50. The maximum absolute atomic E-state index is 5.35. The largest absolute Gasteiger partial charge is 0.309 e. The second-order valence-corrected chi connectivity index (χ2v) is 17.2. The van der Waals surface area contributed by atoms with E-state index in [0.717, 1.165) is 55.7 Å². The average molecular weight is 840 g/mol. The summed E-state index contributed by atoms with van der Waals surface area (Å²) >= 11 is 0. The second kappa shape index (κ2) is 14.3. The van der Waals surface area contributed by atoms with Crippen molar-refractivity contribution < 1.29 is 0 Å². The topological polar surface area (TPSA) is 48.5 Å². The van der Waals surface area contributed by atoms with Gasteiger partial charge in [-0.05, 0) is 87.1 Å². The molecule has 5 heteroatoms. The van der Waals surface area contributed by atoms with Crippen molar-refractivity contribution in [3.05, 3.63) is 224 Å². The van der Waals surface area contributed by atoms with E-state index in [1.54, 1.807) is 0 Å². The Kier molecular flexibility index (Phi) is 7.91. The predicted molar refractivity (Wildman–Crippen MR) is 272 cm³/mol. The van der Waals surface area contributed by atoms with Gasteiger partial charge in [-0.1, -0.05) is 176 Å². The number of para-hydroxylation sites is 2. The molecule has 0 saturated heterocycles. The highest BCUT2D eigenvalue weighted by Crippen LogP contribution is 2.52. The van der Waals surface area contributed by atoms with Gasteiger partial charge in [-0.3, -0.25) is 0 Å². The molecule has 306 valence electrons. The lowest BCUT2D eigenvalue weighted by Crippen LogP contribution is -2.03. The Morgan fingerprint density at radius 1 is 0.273 bits per heavy atom. The maximum Gasteiger partial charge on any atom is 0.164 e. The Labute approximate surface area is 380 Å². The fourth-order valence-electron chi connectivity index (χ4n) is 10.6. The molecule has 10 aromatic carbocycles. The second-order valence-electron chi connectivity index (χ2n) is 17.2. The van der Waals surface area contributed by atoms with Gasteiger partial charge in [0, 0.05) is 55.2 Å². The average Bonchev–Trinajstić information content (AvgIpc) is 4.02. The number of nitrogens with zero attached hydrogens (tertiary/aromatic N) is 5. The van der Waals surface area contributed by atoms with E-state index < -0.39 is 0 Å². The van der Waals surface area contributed by atoms with Crippen LogP contribution in [0.15, 0.2) is 224 Å². The van der Waals surface area contributed by atoms with Gasteiger partial charge >= 0.3 is 0 Å². The molecule has 13 aromatic rings. The van der Waals surface area contributed by atoms with E-state index in [1.807, 2.05) is 36.4 Å². The van der Waals surface area contributed by atoms with Crippen molar-refractivity contribution in [2.75, 3.05) is 0 Å². The molecular weight excluding hydrogens is 803 g/mol. The molecule has 3 heterocycles. The van der Waals surface area contributed by atoms with E-state index in [1.165, 1.54) is 60.1 Å². The highest BCUT2D eigenvalue weighted by molar-refractivity contribution is 6.21. The van der Waals surface area contributed by atoms with Crippen LogP contribution in [0.4, 0.5) is 0 Å². The van der Waals surface area contributed by atoms with Crippen LogP contribution in [0.3, 0.4) is 0 Å². The number of aromatic nitrogens is 5. The SMILES string of the molecule is c1ccc(-c2ccc(-n3c4ccccc4c4cc5c6ccccc6n(-c6cc(-c7nc(-c8ccccc8)nc(-c8ccccc8)n7)c7c(c6)-c6cccc8cccc-7c68)c5cc43)cc2)cc1. The van der Waals surface area contributed by atoms with Crippen molar-refractivity contribution in [2.24, 2.45) is 0 Å². The van der Waals surface area contributed by atoms with E-state index in [0.29, 0.717) is 17.5 Å². The zero-order valence-electron chi connectivity index (χ0n) is 35.6. The smallest absolute Gasteiger partial charge is 0.164 e. The van der Waals surface area contributed by atoms with Gasteiger partial charge in [0.05, 0.1) is 22.1 Å². The monoisotopic (exact) mass is 839 g/mol. The molecule has 0 N–H and O–H groups in total. The first kappa shape index (κ1) is 36.5. The Morgan fingerprint density at radius 2 is 0.758 bits per heavy atom.